The maximum absolute atomic E-state index is 12.9. The van der Waals surface area contributed by atoms with E-state index in [9.17, 15) is 4.79 Å². The molecule has 2 aliphatic rings. The standard InChI is InChI=1S/C23H29Cl2N9O/c1-32(2)8-13-7-16(24)17(25)19(33-6-5-23(27,10-33)22(35)31-14-3-4-14)15(13)9-34-12-30-18-20(26)28-11-29-21(18)34/h7,11-12,14H,3-6,8-10,27H2,1-2H3,(H,31,35)(H2,26,28,29)/t23-/m1/s1. The topological polar surface area (TPSA) is 131 Å². The summed E-state index contributed by atoms with van der Waals surface area (Å²) in [5.74, 6) is 0.217. The number of nitrogens with one attached hydrogen (secondary N) is 1. The van der Waals surface area contributed by atoms with Gasteiger partial charge in [-0.3, -0.25) is 4.79 Å². The van der Waals surface area contributed by atoms with Crippen LogP contribution in [0.1, 0.15) is 30.4 Å². The number of anilines is 2. The molecule has 5 rings (SSSR count). The number of amides is 1. The molecule has 2 fully saturated rings. The van der Waals surface area contributed by atoms with Crippen molar-refractivity contribution in [2.45, 2.75) is 43.9 Å². The number of nitrogen functional groups attached to an aromatic ring is 1. The smallest absolute Gasteiger partial charge is 0.242 e. The molecule has 186 valence electrons. The van der Waals surface area contributed by atoms with Gasteiger partial charge in [-0.05, 0) is 45.0 Å². The Hall–Kier alpha value is -2.66. The predicted molar refractivity (Wildman–Crippen MR) is 138 cm³/mol. The molecule has 1 aliphatic carbocycles. The number of imidazole rings is 1. The van der Waals surface area contributed by atoms with Crippen LogP contribution in [0.15, 0.2) is 18.7 Å². The number of nitrogens with zero attached hydrogens (tertiary/aromatic N) is 6. The first kappa shape index (κ1) is 24.1. The van der Waals surface area contributed by atoms with Gasteiger partial charge in [-0.15, -0.1) is 0 Å². The van der Waals surface area contributed by atoms with E-state index in [2.05, 4.69) is 30.1 Å². The van der Waals surface area contributed by atoms with Crippen LogP contribution in [0.3, 0.4) is 0 Å². The first-order chi connectivity index (χ1) is 16.7. The molecule has 0 spiro atoms. The first-order valence-electron chi connectivity index (χ1n) is 11.6. The summed E-state index contributed by atoms with van der Waals surface area (Å²) < 4.78 is 1.92. The number of rotatable bonds is 7. The minimum absolute atomic E-state index is 0.108. The van der Waals surface area contributed by atoms with E-state index in [4.69, 9.17) is 34.7 Å². The fourth-order valence-electron chi connectivity index (χ4n) is 4.64. The summed E-state index contributed by atoms with van der Waals surface area (Å²) in [6, 6.07) is 2.15. The van der Waals surface area contributed by atoms with Gasteiger partial charge in [0.25, 0.3) is 0 Å². The van der Waals surface area contributed by atoms with Crippen LogP contribution in [-0.2, 0) is 17.9 Å². The van der Waals surface area contributed by atoms with Gasteiger partial charge in [0.1, 0.15) is 17.4 Å². The molecule has 0 bridgehead atoms. The van der Waals surface area contributed by atoms with E-state index in [1.165, 1.54) is 6.33 Å². The molecule has 2 aromatic heterocycles. The molecule has 5 N–H and O–H groups in total. The number of hydrogen-bond donors (Lipinski definition) is 3. The number of carbonyl (C=O) groups excluding carboxylic acids is 1. The number of hydrogen-bond acceptors (Lipinski definition) is 8. The van der Waals surface area contributed by atoms with Crippen LogP contribution < -0.4 is 21.7 Å². The van der Waals surface area contributed by atoms with E-state index in [1.54, 1.807) is 6.33 Å². The zero-order chi connectivity index (χ0) is 24.9. The molecule has 3 aromatic rings. The van der Waals surface area contributed by atoms with Crippen LogP contribution in [0.25, 0.3) is 11.2 Å². The third-order valence-electron chi connectivity index (χ3n) is 6.62. The first-order valence-corrected chi connectivity index (χ1v) is 12.3. The van der Waals surface area contributed by atoms with E-state index in [0.717, 1.165) is 29.7 Å². The predicted octanol–water partition coefficient (Wildman–Crippen LogP) is 2.01. The van der Waals surface area contributed by atoms with E-state index in [0.29, 0.717) is 59.6 Å². The van der Waals surface area contributed by atoms with Gasteiger partial charge in [0.15, 0.2) is 11.5 Å². The quantitative estimate of drug-likeness (QED) is 0.433. The van der Waals surface area contributed by atoms with Crippen molar-refractivity contribution in [3.8, 4) is 0 Å². The fraction of sp³-hybridized carbons (Fsp3) is 0.478. The minimum atomic E-state index is -0.989. The van der Waals surface area contributed by atoms with Gasteiger partial charge in [-0.25, -0.2) is 15.0 Å². The molecule has 3 heterocycles. The largest absolute Gasteiger partial charge is 0.382 e. The van der Waals surface area contributed by atoms with E-state index < -0.39 is 5.54 Å². The molecule has 12 heteroatoms. The Balaban J connectivity index is 1.56. The number of halogens is 2. The highest BCUT2D eigenvalue weighted by molar-refractivity contribution is 6.44. The van der Waals surface area contributed by atoms with Gasteiger partial charge < -0.3 is 31.2 Å². The number of aromatic nitrogens is 4. The van der Waals surface area contributed by atoms with Crippen molar-refractivity contribution in [2.24, 2.45) is 5.73 Å². The lowest BCUT2D eigenvalue weighted by molar-refractivity contribution is -0.125. The van der Waals surface area contributed by atoms with Crippen LogP contribution in [0.4, 0.5) is 11.5 Å². The monoisotopic (exact) mass is 517 g/mol. The van der Waals surface area contributed by atoms with Crippen molar-refractivity contribution < 1.29 is 4.79 Å². The maximum atomic E-state index is 12.9. The van der Waals surface area contributed by atoms with Crippen LogP contribution in [0.5, 0.6) is 0 Å². The number of benzene rings is 1. The summed E-state index contributed by atoms with van der Waals surface area (Å²) in [4.78, 5) is 29.9. The Morgan fingerprint density at radius 2 is 2.06 bits per heavy atom. The van der Waals surface area contributed by atoms with Crippen molar-refractivity contribution in [3.05, 3.63) is 39.9 Å². The molecular weight excluding hydrogens is 489 g/mol. The summed E-state index contributed by atoms with van der Waals surface area (Å²) in [5, 5.41) is 3.95. The molecule has 35 heavy (non-hydrogen) atoms. The highest BCUT2D eigenvalue weighted by Gasteiger charge is 2.44. The second kappa shape index (κ2) is 9.09. The number of carbonyl (C=O) groups is 1. The summed E-state index contributed by atoms with van der Waals surface area (Å²) in [5.41, 5.74) is 15.6. The Bertz CT molecular complexity index is 1290. The fourth-order valence-corrected chi connectivity index (χ4v) is 5.15. The lowest BCUT2D eigenvalue weighted by Crippen LogP contribution is -2.56. The zero-order valence-electron chi connectivity index (χ0n) is 19.8. The van der Waals surface area contributed by atoms with E-state index in [1.807, 2.05) is 24.7 Å². The Morgan fingerprint density at radius 1 is 1.29 bits per heavy atom. The van der Waals surface area contributed by atoms with Crippen LogP contribution in [-0.4, -0.2) is 69.1 Å². The Morgan fingerprint density at radius 3 is 2.77 bits per heavy atom. The van der Waals surface area contributed by atoms with Gasteiger partial charge >= 0.3 is 0 Å². The van der Waals surface area contributed by atoms with Crippen molar-refractivity contribution in [1.82, 2.24) is 29.7 Å². The highest BCUT2D eigenvalue weighted by atomic mass is 35.5. The highest BCUT2D eigenvalue weighted by Crippen LogP contribution is 2.42. The van der Waals surface area contributed by atoms with Crippen molar-refractivity contribution in [2.75, 3.05) is 37.8 Å². The second-order valence-corrected chi connectivity index (χ2v) is 10.6. The Labute approximate surface area is 213 Å². The lowest BCUT2D eigenvalue weighted by atomic mass is 9.99. The lowest BCUT2D eigenvalue weighted by Gasteiger charge is -2.29. The normalized spacial score (nSPS) is 20.2. The summed E-state index contributed by atoms with van der Waals surface area (Å²) in [6.07, 6.45) is 5.66. The molecule has 0 radical (unpaired) electrons. The number of fused-ring (bicyclic) bond motifs is 1. The maximum Gasteiger partial charge on any atom is 0.242 e. The molecule has 10 nitrogen and oxygen atoms in total. The van der Waals surface area contributed by atoms with Gasteiger partial charge in [0.05, 0.1) is 28.6 Å². The van der Waals surface area contributed by atoms with Crippen molar-refractivity contribution in [1.29, 1.82) is 0 Å². The summed E-state index contributed by atoms with van der Waals surface area (Å²) in [6.45, 7) is 2.01. The van der Waals surface area contributed by atoms with Crippen LogP contribution in [0.2, 0.25) is 10.0 Å². The summed E-state index contributed by atoms with van der Waals surface area (Å²) >= 11 is 13.5. The van der Waals surface area contributed by atoms with Gasteiger partial charge in [-0.1, -0.05) is 23.2 Å². The molecule has 1 aliphatic heterocycles. The SMILES string of the molecule is CN(C)Cc1cc(Cl)c(Cl)c(N2CC[C@](N)(C(=O)NC3CC3)C2)c1Cn1cnc2c(N)ncnc21. The summed E-state index contributed by atoms with van der Waals surface area (Å²) in [7, 11) is 3.99. The Kier molecular flexibility index (Phi) is 6.25. The van der Waals surface area contributed by atoms with Gasteiger partial charge in [-0.2, -0.15) is 0 Å². The second-order valence-electron chi connectivity index (χ2n) is 9.78. The molecular formula is C23H29Cl2N9O. The molecule has 1 saturated heterocycles. The van der Waals surface area contributed by atoms with Crippen LogP contribution in [0, 0.1) is 0 Å². The van der Waals surface area contributed by atoms with Crippen molar-refractivity contribution in [3.63, 3.8) is 0 Å². The average molecular weight is 518 g/mol. The third-order valence-corrected chi connectivity index (χ3v) is 7.40. The zero-order valence-corrected chi connectivity index (χ0v) is 21.3. The van der Waals surface area contributed by atoms with Gasteiger partial charge in [0.2, 0.25) is 5.91 Å². The molecule has 1 amide bonds. The number of nitrogens with two attached hydrogens (primary N) is 2. The molecule has 1 saturated carbocycles. The molecule has 1 aromatic carbocycles. The molecule has 1 atom stereocenters. The third kappa shape index (κ3) is 4.63. The molecule has 0 unspecified atom stereocenters. The van der Waals surface area contributed by atoms with Crippen LogP contribution >= 0.6 is 23.2 Å². The minimum Gasteiger partial charge on any atom is -0.382 e. The van der Waals surface area contributed by atoms with Gasteiger partial charge in [0, 0.05) is 31.2 Å². The average Bonchev–Trinajstić information content (AvgIpc) is 3.38. The van der Waals surface area contributed by atoms with E-state index in [-0.39, 0.29) is 11.9 Å². The van der Waals surface area contributed by atoms with E-state index >= 15 is 0 Å². The van der Waals surface area contributed by atoms with Crippen molar-refractivity contribution >= 4 is 51.8 Å².